The molecule has 0 fully saturated rings. The maximum Gasteiger partial charge on any atom is 0.328 e. The van der Waals surface area contributed by atoms with Crippen LogP contribution in [0.4, 0.5) is 0 Å². The highest BCUT2D eigenvalue weighted by atomic mass is 32.2. The molecule has 0 aliphatic rings. The van der Waals surface area contributed by atoms with E-state index in [1.165, 1.54) is 64.2 Å². The molecule has 0 aromatic carbocycles. The number of carbonyl (C=O) groups is 2. The SMILES string of the molecule is CCCCC(CC)CCCCCCCCCCCCCC(CC(=O)O)(C(=O)O)S(=O)(=O)O. The molecule has 0 aliphatic heterocycles. The van der Waals surface area contributed by atoms with Gasteiger partial charge in [0, 0.05) is 0 Å². The number of carboxylic acids is 2. The molecule has 190 valence electrons. The van der Waals surface area contributed by atoms with Crippen LogP contribution in [0.15, 0.2) is 0 Å². The minimum Gasteiger partial charge on any atom is -0.481 e. The quantitative estimate of drug-likeness (QED) is 0.120. The Morgan fingerprint density at radius 3 is 1.56 bits per heavy atom. The van der Waals surface area contributed by atoms with Crippen molar-refractivity contribution in [1.82, 2.24) is 0 Å². The number of hydrogen-bond acceptors (Lipinski definition) is 4. The van der Waals surface area contributed by atoms with Crippen molar-refractivity contribution in [3.8, 4) is 0 Å². The molecule has 0 radical (unpaired) electrons. The zero-order valence-electron chi connectivity index (χ0n) is 20.2. The molecule has 2 atom stereocenters. The van der Waals surface area contributed by atoms with Gasteiger partial charge in [-0.2, -0.15) is 8.42 Å². The predicted molar refractivity (Wildman–Crippen MR) is 127 cm³/mol. The summed E-state index contributed by atoms with van der Waals surface area (Å²) in [5.74, 6) is -2.47. The second-order valence-corrected chi connectivity index (χ2v) is 10.9. The van der Waals surface area contributed by atoms with Crippen LogP contribution in [-0.2, 0) is 19.7 Å². The van der Waals surface area contributed by atoms with Crippen LogP contribution < -0.4 is 0 Å². The largest absolute Gasteiger partial charge is 0.481 e. The zero-order chi connectivity index (χ0) is 24.5. The van der Waals surface area contributed by atoms with Crippen molar-refractivity contribution in [3.63, 3.8) is 0 Å². The monoisotopic (exact) mass is 478 g/mol. The summed E-state index contributed by atoms with van der Waals surface area (Å²) in [5.41, 5.74) is 0. The maximum absolute atomic E-state index is 11.6. The first kappa shape index (κ1) is 30.9. The van der Waals surface area contributed by atoms with Gasteiger partial charge in [0.1, 0.15) is 0 Å². The molecule has 0 bridgehead atoms. The van der Waals surface area contributed by atoms with Crippen LogP contribution in [-0.4, -0.2) is 39.9 Å². The van der Waals surface area contributed by atoms with E-state index in [1.54, 1.807) is 0 Å². The summed E-state index contributed by atoms with van der Waals surface area (Å²) in [5, 5.41) is 18.1. The Labute approximate surface area is 195 Å². The van der Waals surface area contributed by atoms with Crippen molar-refractivity contribution >= 4 is 22.1 Å². The van der Waals surface area contributed by atoms with Gasteiger partial charge >= 0.3 is 11.9 Å². The van der Waals surface area contributed by atoms with E-state index in [4.69, 9.17) is 5.11 Å². The fourth-order valence-corrected chi connectivity index (χ4v) is 5.25. The van der Waals surface area contributed by atoms with Crippen LogP contribution in [0.2, 0.25) is 0 Å². The van der Waals surface area contributed by atoms with Gasteiger partial charge in [-0.3, -0.25) is 14.1 Å². The smallest absolute Gasteiger partial charge is 0.328 e. The fraction of sp³-hybridized carbons (Fsp3) is 0.917. The molecule has 0 spiro atoms. The van der Waals surface area contributed by atoms with Crippen molar-refractivity contribution in [3.05, 3.63) is 0 Å². The van der Waals surface area contributed by atoms with E-state index in [-0.39, 0.29) is 6.42 Å². The van der Waals surface area contributed by atoms with Gasteiger partial charge < -0.3 is 10.2 Å². The van der Waals surface area contributed by atoms with E-state index in [0.29, 0.717) is 6.42 Å². The molecule has 0 saturated heterocycles. The van der Waals surface area contributed by atoms with Gasteiger partial charge in [0.15, 0.2) is 0 Å². The average Bonchev–Trinajstić information content (AvgIpc) is 2.71. The van der Waals surface area contributed by atoms with Crippen molar-refractivity contribution in [2.45, 2.75) is 134 Å². The molecule has 3 N–H and O–H groups in total. The van der Waals surface area contributed by atoms with Crippen LogP contribution in [0, 0.1) is 5.92 Å². The molecule has 0 aromatic heterocycles. The second kappa shape index (κ2) is 17.3. The molecule has 32 heavy (non-hydrogen) atoms. The molecule has 0 rings (SSSR count). The fourth-order valence-electron chi connectivity index (χ4n) is 4.33. The van der Waals surface area contributed by atoms with Crippen LogP contribution in [0.1, 0.15) is 129 Å². The third-order valence-corrected chi connectivity index (χ3v) is 8.07. The third kappa shape index (κ3) is 12.8. The second-order valence-electron chi connectivity index (χ2n) is 9.19. The Kier molecular flexibility index (Phi) is 16.7. The summed E-state index contributed by atoms with van der Waals surface area (Å²) in [4.78, 5) is 22.4. The van der Waals surface area contributed by atoms with E-state index in [0.717, 1.165) is 31.6 Å². The predicted octanol–water partition coefficient (Wildman–Crippen LogP) is 6.46. The van der Waals surface area contributed by atoms with Gasteiger partial charge in [0.05, 0.1) is 6.42 Å². The highest BCUT2D eigenvalue weighted by Gasteiger charge is 2.51. The summed E-state index contributed by atoms with van der Waals surface area (Å²) < 4.78 is 29.8. The molecule has 7 nitrogen and oxygen atoms in total. The topological polar surface area (TPSA) is 129 Å². The van der Waals surface area contributed by atoms with Crippen molar-refractivity contribution in [1.29, 1.82) is 0 Å². The van der Waals surface area contributed by atoms with Gasteiger partial charge in [-0.25, -0.2) is 0 Å². The Hall–Kier alpha value is -1.15. The number of hydrogen-bond donors (Lipinski definition) is 3. The first-order valence-electron chi connectivity index (χ1n) is 12.5. The summed E-state index contributed by atoms with van der Waals surface area (Å²) in [7, 11) is -5.03. The van der Waals surface area contributed by atoms with Crippen molar-refractivity contribution < 1.29 is 32.8 Å². The van der Waals surface area contributed by atoms with Gasteiger partial charge in [0.25, 0.3) is 10.1 Å². The Bertz CT molecular complexity index is 618. The van der Waals surface area contributed by atoms with Crippen LogP contribution in [0.3, 0.4) is 0 Å². The Morgan fingerprint density at radius 2 is 1.19 bits per heavy atom. The normalized spacial score (nSPS) is 14.7. The minimum absolute atomic E-state index is 0.246. The van der Waals surface area contributed by atoms with E-state index < -0.39 is 39.6 Å². The van der Waals surface area contributed by atoms with Gasteiger partial charge in [0.2, 0.25) is 4.75 Å². The molecule has 0 heterocycles. The summed E-state index contributed by atoms with van der Waals surface area (Å²) >= 11 is 0. The lowest BCUT2D eigenvalue weighted by Gasteiger charge is -2.24. The molecule has 0 saturated carbocycles. The average molecular weight is 479 g/mol. The number of aliphatic carboxylic acids is 2. The van der Waals surface area contributed by atoms with Gasteiger partial charge in [-0.1, -0.05) is 117 Å². The Balaban J connectivity index is 3.87. The molecule has 0 aliphatic carbocycles. The summed E-state index contributed by atoms with van der Waals surface area (Å²) in [6.07, 6.45) is 16.5. The lowest BCUT2D eigenvalue weighted by Crippen LogP contribution is -2.48. The number of carboxylic acid groups (broad SMARTS) is 2. The Morgan fingerprint density at radius 1 is 0.750 bits per heavy atom. The lowest BCUT2D eigenvalue weighted by atomic mass is 9.93. The van der Waals surface area contributed by atoms with Gasteiger partial charge in [-0.15, -0.1) is 0 Å². The van der Waals surface area contributed by atoms with Crippen LogP contribution in [0.5, 0.6) is 0 Å². The molecular formula is C24H46O7S. The number of rotatable bonds is 22. The van der Waals surface area contributed by atoms with Crippen LogP contribution >= 0.6 is 0 Å². The van der Waals surface area contributed by atoms with Crippen LogP contribution in [0.25, 0.3) is 0 Å². The van der Waals surface area contributed by atoms with E-state index in [9.17, 15) is 27.7 Å². The van der Waals surface area contributed by atoms with Crippen molar-refractivity contribution in [2.24, 2.45) is 5.92 Å². The maximum atomic E-state index is 11.6. The number of unbranched alkanes of at least 4 members (excludes halogenated alkanes) is 11. The molecule has 0 amide bonds. The molecule has 2 unspecified atom stereocenters. The van der Waals surface area contributed by atoms with E-state index in [2.05, 4.69) is 13.8 Å². The summed E-state index contributed by atoms with van der Waals surface area (Å²) in [6.45, 7) is 4.55. The standard InChI is InChI=1S/C24H46O7S/c1-3-5-17-21(4-2)18-15-13-11-9-7-6-8-10-12-14-16-19-24(23(27)28,20-22(25)26)32(29,30)31/h21H,3-20H2,1-2H3,(H,25,26)(H,27,28)(H,29,30,31). The molecule has 0 aromatic rings. The first-order valence-corrected chi connectivity index (χ1v) is 14.0. The molecule has 8 heteroatoms. The highest BCUT2D eigenvalue weighted by molar-refractivity contribution is 7.88. The summed E-state index contributed by atoms with van der Waals surface area (Å²) in [6, 6.07) is 0. The van der Waals surface area contributed by atoms with Gasteiger partial charge in [-0.05, 0) is 12.3 Å². The van der Waals surface area contributed by atoms with Crippen molar-refractivity contribution in [2.75, 3.05) is 0 Å². The minimum atomic E-state index is -5.03. The lowest BCUT2D eigenvalue weighted by molar-refractivity contribution is -0.147. The third-order valence-electron chi connectivity index (χ3n) is 6.56. The zero-order valence-corrected chi connectivity index (χ0v) is 21.0. The van der Waals surface area contributed by atoms with E-state index in [1.807, 2.05) is 0 Å². The highest BCUT2D eigenvalue weighted by Crippen LogP contribution is 2.29. The van der Waals surface area contributed by atoms with E-state index >= 15 is 0 Å². The first-order chi connectivity index (χ1) is 15.1. The molecular weight excluding hydrogens is 432 g/mol.